The standard InChI is InChI=1S/C14H26N2O/c1-2-13(15-7-1)11-16(10-12-3-4-12)14-5-8-17-9-6-14/h12-15H,1-11H2. The van der Waals surface area contributed by atoms with Crippen molar-refractivity contribution in [1.29, 1.82) is 0 Å². The first kappa shape index (κ1) is 11.9. The molecule has 2 saturated heterocycles. The van der Waals surface area contributed by atoms with Gasteiger partial charge in [-0.2, -0.15) is 0 Å². The summed E-state index contributed by atoms with van der Waals surface area (Å²) in [4.78, 5) is 2.78. The summed E-state index contributed by atoms with van der Waals surface area (Å²) >= 11 is 0. The summed E-state index contributed by atoms with van der Waals surface area (Å²) in [5.74, 6) is 1.01. The Kier molecular flexibility index (Phi) is 3.99. The monoisotopic (exact) mass is 238 g/mol. The Morgan fingerprint density at radius 3 is 2.47 bits per heavy atom. The third-order valence-corrected chi connectivity index (χ3v) is 4.51. The van der Waals surface area contributed by atoms with E-state index in [9.17, 15) is 0 Å². The van der Waals surface area contributed by atoms with Crippen LogP contribution in [-0.4, -0.2) is 49.8 Å². The van der Waals surface area contributed by atoms with Gasteiger partial charge in [0, 0.05) is 38.4 Å². The van der Waals surface area contributed by atoms with Crippen LogP contribution in [0.3, 0.4) is 0 Å². The topological polar surface area (TPSA) is 24.5 Å². The Bertz CT molecular complexity index is 230. The summed E-state index contributed by atoms with van der Waals surface area (Å²) in [6, 6.07) is 1.56. The summed E-state index contributed by atoms with van der Waals surface area (Å²) in [5, 5.41) is 3.65. The summed E-state index contributed by atoms with van der Waals surface area (Å²) < 4.78 is 5.50. The number of nitrogens with zero attached hydrogens (tertiary/aromatic N) is 1. The lowest BCUT2D eigenvalue weighted by Crippen LogP contribution is -2.46. The third-order valence-electron chi connectivity index (χ3n) is 4.51. The van der Waals surface area contributed by atoms with Crippen LogP contribution in [0.25, 0.3) is 0 Å². The summed E-state index contributed by atoms with van der Waals surface area (Å²) in [5.41, 5.74) is 0. The van der Waals surface area contributed by atoms with Gasteiger partial charge in [0.05, 0.1) is 0 Å². The van der Waals surface area contributed by atoms with Crippen molar-refractivity contribution in [1.82, 2.24) is 10.2 Å². The van der Waals surface area contributed by atoms with E-state index < -0.39 is 0 Å². The molecular weight excluding hydrogens is 212 g/mol. The van der Waals surface area contributed by atoms with E-state index >= 15 is 0 Å². The lowest BCUT2D eigenvalue weighted by atomic mass is 10.0. The second kappa shape index (κ2) is 5.68. The molecule has 0 aromatic carbocycles. The van der Waals surface area contributed by atoms with Crippen molar-refractivity contribution >= 4 is 0 Å². The maximum Gasteiger partial charge on any atom is 0.0480 e. The maximum atomic E-state index is 5.50. The number of hydrogen-bond acceptors (Lipinski definition) is 3. The predicted octanol–water partition coefficient (Wildman–Crippen LogP) is 1.63. The van der Waals surface area contributed by atoms with Gasteiger partial charge in [-0.05, 0) is 51.0 Å². The van der Waals surface area contributed by atoms with Gasteiger partial charge in [0.1, 0.15) is 0 Å². The molecule has 3 nitrogen and oxygen atoms in total. The number of rotatable bonds is 5. The van der Waals surface area contributed by atoms with Gasteiger partial charge in [0.2, 0.25) is 0 Å². The smallest absolute Gasteiger partial charge is 0.0480 e. The van der Waals surface area contributed by atoms with Crippen molar-refractivity contribution in [2.24, 2.45) is 5.92 Å². The molecule has 2 aliphatic heterocycles. The van der Waals surface area contributed by atoms with Crippen molar-refractivity contribution in [3.63, 3.8) is 0 Å². The van der Waals surface area contributed by atoms with Crippen LogP contribution in [-0.2, 0) is 4.74 Å². The Hall–Kier alpha value is -0.120. The zero-order valence-corrected chi connectivity index (χ0v) is 10.9. The zero-order valence-electron chi connectivity index (χ0n) is 10.9. The lowest BCUT2D eigenvalue weighted by Gasteiger charge is -2.36. The van der Waals surface area contributed by atoms with Crippen LogP contribution >= 0.6 is 0 Å². The minimum absolute atomic E-state index is 0.761. The van der Waals surface area contributed by atoms with Crippen molar-refractivity contribution < 1.29 is 4.74 Å². The normalized spacial score (nSPS) is 31.2. The Balaban J connectivity index is 1.54. The SMILES string of the molecule is C1CNC(CN(CC2CC2)C2CCOCC2)C1. The van der Waals surface area contributed by atoms with Gasteiger partial charge < -0.3 is 10.1 Å². The van der Waals surface area contributed by atoms with Gasteiger partial charge in [-0.3, -0.25) is 4.90 Å². The highest BCUT2D eigenvalue weighted by molar-refractivity contribution is 4.86. The second-order valence-corrected chi connectivity index (χ2v) is 6.03. The zero-order chi connectivity index (χ0) is 11.5. The fourth-order valence-corrected chi connectivity index (χ4v) is 3.25. The van der Waals surface area contributed by atoms with E-state index in [1.807, 2.05) is 0 Å². The molecule has 0 bridgehead atoms. The van der Waals surface area contributed by atoms with E-state index in [1.54, 1.807) is 0 Å². The number of nitrogens with one attached hydrogen (secondary N) is 1. The van der Waals surface area contributed by atoms with Crippen LogP contribution in [0.15, 0.2) is 0 Å². The van der Waals surface area contributed by atoms with Crippen LogP contribution in [0.1, 0.15) is 38.5 Å². The molecule has 3 heteroatoms. The molecule has 3 aliphatic rings. The molecule has 0 radical (unpaired) electrons. The number of hydrogen-bond donors (Lipinski definition) is 1. The van der Waals surface area contributed by atoms with Gasteiger partial charge in [0.25, 0.3) is 0 Å². The van der Waals surface area contributed by atoms with E-state index in [1.165, 1.54) is 58.2 Å². The molecular formula is C14H26N2O. The molecule has 3 fully saturated rings. The van der Waals surface area contributed by atoms with Crippen molar-refractivity contribution in [2.75, 3.05) is 32.8 Å². The minimum atomic E-state index is 0.761. The van der Waals surface area contributed by atoms with Gasteiger partial charge in [-0.1, -0.05) is 0 Å². The molecule has 1 atom stereocenters. The molecule has 3 rings (SSSR count). The fraction of sp³-hybridized carbons (Fsp3) is 1.00. The molecule has 1 unspecified atom stereocenters. The molecule has 1 saturated carbocycles. The van der Waals surface area contributed by atoms with Gasteiger partial charge in [-0.25, -0.2) is 0 Å². The molecule has 2 heterocycles. The highest BCUT2D eigenvalue weighted by Gasteiger charge is 2.30. The summed E-state index contributed by atoms with van der Waals surface area (Å²) in [6.07, 6.45) is 8.19. The first-order chi connectivity index (χ1) is 8.42. The molecule has 0 aromatic rings. The van der Waals surface area contributed by atoms with Gasteiger partial charge in [0.15, 0.2) is 0 Å². The first-order valence-corrected chi connectivity index (χ1v) is 7.47. The van der Waals surface area contributed by atoms with Crippen molar-refractivity contribution in [3.8, 4) is 0 Å². The summed E-state index contributed by atoms with van der Waals surface area (Å²) in [6.45, 7) is 5.81. The van der Waals surface area contributed by atoms with Crippen LogP contribution in [0.5, 0.6) is 0 Å². The quantitative estimate of drug-likeness (QED) is 0.788. The molecule has 98 valence electrons. The van der Waals surface area contributed by atoms with Crippen LogP contribution in [0.4, 0.5) is 0 Å². The fourth-order valence-electron chi connectivity index (χ4n) is 3.25. The van der Waals surface area contributed by atoms with Crippen LogP contribution in [0, 0.1) is 5.92 Å². The predicted molar refractivity (Wildman–Crippen MR) is 69.2 cm³/mol. The largest absolute Gasteiger partial charge is 0.381 e. The minimum Gasteiger partial charge on any atom is -0.381 e. The maximum absolute atomic E-state index is 5.50. The average molecular weight is 238 g/mol. The Morgan fingerprint density at radius 2 is 1.82 bits per heavy atom. The van der Waals surface area contributed by atoms with Crippen molar-refractivity contribution in [2.45, 2.75) is 50.6 Å². The van der Waals surface area contributed by atoms with Crippen molar-refractivity contribution in [3.05, 3.63) is 0 Å². The highest BCUT2D eigenvalue weighted by atomic mass is 16.5. The highest BCUT2D eigenvalue weighted by Crippen LogP contribution is 2.31. The van der Waals surface area contributed by atoms with Gasteiger partial charge >= 0.3 is 0 Å². The molecule has 1 aliphatic carbocycles. The molecule has 1 N–H and O–H groups in total. The number of ether oxygens (including phenoxy) is 1. The van der Waals surface area contributed by atoms with E-state index in [-0.39, 0.29) is 0 Å². The Labute approximate surface area is 105 Å². The lowest BCUT2D eigenvalue weighted by molar-refractivity contribution is 0.0294. The Morgan fingerprint density at radius 1 is 1.00 bits per heavy atom. The van der Waals surface area contributed by atoms with Crippen LogP contribution < -0.4 is 5.32 Å². The van der Waals surface area contributed by atoms with E-state index in [4.69, 9.17) is 4.74 Å². The summed E-state index contributed by atoms with van der Waals surface area (Å²) in [7, 11) is 0. The average Bonchev–Trinajstić information content (AvgIpc) is 3.04. The molecule has 0 aromatic heterocycles. The third kappa shape index (κ3) is 3.43. The molecule has 0 spiro atoms. The first-order valence-electron chi connectivity index (χ1n) is 7.47. The van der Waals surface area contributed by atoms with Gasteiger partial charge in [-0.15, -0.1) is 0 Å². The second-order valence-electron chi connectivity index (χ2n) is 6.03. The molecule has 17 heavy (non-hydrogen) atoms. The van der Waals surface area contributed by atoms with Crippen LogP contribution in [0.2, 0.25) is 0 Å². The van der Waals surface area contributed by atoms with E-state index in [2.05, 4.69) is 10.2 Å². The van der Waals surface area contributed by atoms with E-state index in [0.717, 1.165) is 31.2 Å². The molecule has 0 amide bonds. The van der Waals surface area contributed by atoms with E-state index in [0.29, 0.717) is 0 Å².